The number of benzene rings is 1. The lowest BCUT2D eigenvalue weighted by Gasteiger charge is -2.27. The Kier molecular flexibility index (Phi) is 7.08. The Hall–Kier alpha value is -2.38. The zero-order chi connectivity index (χ0) is 21.8. The van der Waals surface area contributed by atoms with E-state index in [4.69, 9.17) is 4.74 Å². The van der Waals surface area contributed by atoms with Crippen molar-refractivity contribution >= 4 is 17.5 Å². The predicted molar refractivity (Wildman–Crippen MR) is 107 cm³/mol. The van der Waals surface area contributed by atoms with Crippen LogP contribution in [0.25, 0.3) is 0 Å². The third-order valence-electron chi connectivity index (χ3n) is 5.04. The maximum absolute atomic E-state index is 12.6. The van der Waals surface area contributed by atoms with E-state index in [-0.39, 0.29) is 0 Å². The van der Waals surface area contributed by atoms with E-state index in [0.717, 1.165) is 25.7 Å². The van der Waals surface area contributed by atoms with E-state index >= 15 is 0 Å². The highest BCUT2D eigenvalue weighted by molar-refractivity contribution is 5.86. The van der Waals surface area contributed by atoms with Gasteiger partial charge in [-0.3, -0.25) is 5.32 Å². The Labute approximate surface area is 169 Å². The number of allylic oxidation sites excluding steroid dienone is 1. The van der Waals surface area contributed by atoms with Crippen LogP contribution in [0.5, 0.6) is 5.75 Å². The summed E-state index contributed by atoms with van der Waals surface area (Å²) >= 11 is 0. The lowest BCUT2D eigenvalue weighted by Crippen LogP contribution is -2.44. The first kappa shape index (κ1) is 22.9. The molecule has 1 aromatic rings. The summed E-state index contributed by atoms with van der Waals surface area (Å²) in [6.07, 6.45) is -2.94. The van der Waals surface area contributed by atoms with Gasteiger partial charge in [-0.15, -0.1) is 0 Å². The fraction of sp³-hybridized carbons (Fsp3) is 0.571. The summed E-state index contributed by atoms with van der Waals surface area (Å²) in [7, 11) is 0. The van der Waals surface area contributed by atoms with Gasteiger partial charge in [0, 0.05) is 12.2 Å². The zero-order valence-corrected chi connectivity index (χ0v) is 17.3. The summed E-state index contributed by atoms with van der Waals surface area (Å²) in [5.74, 6) is 2.40. The highest BCUT2D eigenvalue weighted by Gasteiger charge is 2.50. The standard InChI is InChI=1S/C13H15F3N2O3.C8H14/c1-12(2,13(14,15)16)21-11(19)18-8-3-4-10-9(7-8)17-5-6-20-10;1-6(2)7(3)8-4-5-8/h3-4,7,17H,5-6H2,1-2H3,(H,18,19);7-8H,1,4-5H2,2-3H3. The third-order valence-corrected chi connectivity index (χ3v) is 5.04. The number of carbonyl (C=O) groups is 1. The second-order valence-electron chi connectivity index (χ2n) is 7.98. The average Bonchev–Trinajstić information content (AvgIpc) is 3.45. The number of carbonyl (C=O) groups excluding carboxylic acids is 1. The molecule has 2 aliphatic rings. The van der Waals surface area contributed by atoms with Crippen molar-refractivity contribution in [3.05, 3.63) is 30.4 Å². The molecule has 1 aromatic carbocycles. The van der Waals surface area contributed by atoms with Crippen molar-refractivity contribution in [1.29, 1.82) is 0 Å². The molecule has 1 amide bonds. The number of hydrogen-bond donors (Lipinski definition) is 2. The number of anilines is 2. The Morgan fingerprint density at radius 2 is 2.00 bits per heavy atom. The lowest BCUT2D eigenvalue weighted by atomic mass is 9.99. The molecule has 0 spiro atoms. The van der Waals surface area contributed by atoms with Gasteiger partial charge in [0.2, 0.25) is 5.60 Å². The molecule has 162 valence electrons. The fourth-order valence-electron chi connectivity index (χ4n) is 2.65. The van der Waals surface area contributed by atoms with Crippen LogP contribution in [-0.4, -0.2) is 31.0 Å². The molecule has 1 aliphatic heterocycles. The van der Waals surface area contributed by atoms with E-state index in [2.05, 4.69) is 35.8 Å². The van der Waals surface area contributed by atoms with Crippen LogP contribution in [-0.2, 0) is 4.74 Å². The van der Waals surface area contributed by atoms with Gasteiger partial charge in [-0.2, -0.15) is 13.2 Å². The topological polar surface area (TPSA) is 59.6 Å². The maximum Gasteiger partial charge on any atom is 0.427 e. The molecular formula is C21H29F3N2O3. The first-order valence-electron chi connectivity index (χ1n) is 9.63. The van der Waals surface area contributed by atoms with Crippen molar-refractivity contribution in [2.45, 2.75) is 52.3 Å². The monoisotopic (exact) mass is 414 g/mol. The van der Waals surface area contributed by atoms with E-state index < -0.39 is 17.9 Å². The maximum atomic E-state index is 12.6. The first-order valence-corrected chi connectivity index (χ1v) is 9.63. The van der Waals surface area contributed by atoms with E-state index in [1.54, 1.807) is 12.1 Å². The van der Waals surface area contributed by atoms with Crippen LogP contribution in [0.1, 0.15) is 40.5 Å². The molecule has 8 heteroatoms. The summed E-state index contributed by atoms with van der Waals surface area (Å²) in [6, 6.07) is 4.70. The van der Waals surface area contributed by atoms with Gasteiger partial charge in [0.15, 0.2) is 0 Å². The minimum absolute atomic E-state index is 0.315. The largest absolute Gasteiger partial charge is 0.490 e. The molecule has 1 unspecified atom stereocenters. The summed E-state index contributed by atoms with van der Waals surface area (Å²) < 4.78 is 47.7. The van der Waals surface area contributed by atoms with Gasteiger partial charge in [-0.1, -0.05) is 19.1 Å². The minimum Gasteiger partial charge on any atom is -0.490 e. The van der Waals surface area contributed by atoms with Crippen LogP contribution in [0.2, 0.25) is 0 Å². The number of hydrogen-bond acceptors (Lipinski definition) is 4. The van der Waals surface area contributed by atoms with Crippen molar-refractivity contribution in [3.8, 4) is 5.75 Å². The molecule has 5 nitrogen and oxygen atoms in total. The Morgan fingerprint density at radius 3 is 2.52 bits per heavy atom. The van der Waals surface area contributed by atoms with E-state index in [1.807, 2.05) is 0 Å². The van der Waals surface area contributed by atoms with Gasteiger partial charge in [0.05, 0.1) is 5.69 Å². The highest BCUT2D eigenvalue weighted by Crippen LogP contribution is 2.39. The van der Waals surface area contributed by atoms with Crippen molar-refractivity contribution < 1.29 is 27.4 Å². The van der Waals surface area contributed by atoms with Gasteiger partial charge < -0.3 is 14.8 Å². The molecule has 1 heterocycles. The molecule has 0 radical (unpaired) electrons. The van der Waals surface area contributed by atoms with E-state index in [0.29, 0.717) is 30.3 Å². The van der Waals surface area contributed by atoms with Crippen LogP contribution < -0.4 is 15.4 Å². The first-order chi connectivity index (χ1) is 13.4. The lowest BCUT2D eigenvalue weighted by molar-refractivity contribution is -0.242. The van der Waals surface area contributed by atoms with Crippen LogP contribution in [0.4, 0.5) is 29.3 Å². The Bertz CT molecular complexity index is 743. The molecule has 3 rings (SSSR count). The molecular weight excluding hydrogens is 385 g/mol. The van der Waals surface area contributed by atoms with Crippen LogP contribution in [0, 0.1) is 11.8 Å². The molecule has 0 bridgehead atoms. The number of nitrogens with one attached hydrogen (secondary N) is 2. The van der Waals surface area contributed by atoms with Crippen molar-refractivity contribution in [2.24, 2.45) is 11.8 Å². The van der Waals surface area contributed by atoms with Crippen LogP contribution >= 0.6 is 0 Å². The van der Waals surface area contributed by atoms with E-state index in [1.165, 1.54) is 24.5 Å². The summed E-state index contributed by atoms with van der Waals surface area (Å²) in [5.41, 5.74) is -0.233. The second-order valence-corrected chi connectivity index (χ2v) is 7.98. The minimum atomic E-state index is -4.64. The third kappa shape index (κ3) is 6.58. The zero-order valence-electron chi connectivity index (χ0n) is 17.3. The molecule has 0 saturated heterocycles. The van der Waals surface area contributed by atoms with Crippen molar-refractivity contribution in [3.63, 3.8) is 0 Å². The number of ether oxygens (including phenoxy) is 2. The number of fused-ring (bicyclic) bond motifs is 1. The van der Waals surface area contributed by atoms with Gasteiger partial charge in [-0.25, -0.2) is 4.79 Å². The Morgan fingerprint density at radius 1 is 1.34 bits per heavy atom. The summed E-state index contributed by atoms with van der Waals surface area (Å²) in [5, 5.41) is 5.32. The summed E-state index contributed by atoms with van der Waals surface area (Å²) in [4.78, 5) is 11.6. The number of amides is 1. The summed E-state index contributed by atoms with van der Waals surface area (Å²) in [6.45, 7) is 11.0. The highest BCUT2D eigenvalue weighted by atomic mass is 19.4. The molecule has 1 atom stereocenters. The molecule has 1 fully saturated rings. The normalized spacial score (nSPS) is 16.8. The van der Waals surface area contributed by atoms with Gasteiger partial charge >= 0.3 is 12.3 Å². The molecule has 2 N–H and O–H groups in total. The molecule has 0 aromatic heterocycles. The molecule has 1 aliphatic carbocycles. The second kappa shape index (κ2) is 8.97. The number of rotatable bonds is 4. The van der Waals surface area contributed by atoms with Crippen LogP contribution in [0.3, 0.4) is 0 Å². The number of alkyl halides is 3. The smallest absolute Gasteiger partial charge is 0.427 e. The van der Waals surface area contributed by atoms with Gasteiger partial charge in [-0.05, 0) is 63.6 Å². The molecule has 1 saturated carbocycles. The fourth-order valence-corrected chi connectivity index (χ4v) is 2.65. The van der Waals surface area contributed by atoms with Crippen LogP contribution in [0.15, 0.2) is 30.4 Å². The predicted octanol–water partition coefficient (Wildman–Crippen LogP) is 5.99. The number of halogens is 3. The van der Waals surface area contributed by atoms with Crippen molar-refractivity contribution in [1.82, 2.24) is 0 Å². The average molecular weight is 414 g/mol. The quantitative estimate of drug-likeness (QED) is 0.594. The van der Waals surface area contributed by atoms with Crippen molar-refractivity contribution in [2.75, 3.05) is 23.8 Å². The van der Waals surface area contributed by atoms with E-state index in [9.17, 15) is 18.0 Å². The SMILES string of the molecule is C=C(C)C(C)C1CC1.CC(C)(OC(=O)Nc1ccc2c(c1)NCCO2)C(F)(F)F. The Balaban J connectivity index is 0.000000313. The molecule has 29 heavy (non-hydrogen) atoms. The van der Waals surface area contributed by atoms with Gasteiger partial charge in [0.1, 0.15) is 12.4 Å². The van der Waals surface area contributed by atoms with Gasteiger partial charge in [0.25, 0.3) is 0 Å².